The molecular formula is C16H24N2O3. The molecule has 0 fully saturated rings. The van der Waals surface area contributed by atoms with E-state index in [2.05, 4.69) is 24.1 Å². The highest BCUT2D eigenvalue weighted by Crippen LogP contribution is 2.11. The first-order chi connectivity index (χ1) is 10.1. The minimum atomic E-state index is -0.350. The number of hydrogen-bond donors (Lipinski definition) is 1. The highest BCUT2D eigenvalue weighted by atomic mass is 16.5. The average molecular weight is 292 g/mol. The summed E-state index contributed by atoms with van der Waals surface area (Å²) in [5.74, 6) is -0.373. The smallest absolute Gasteiger partial charge is 0.338 e. The lowest BCUT2D eigenvalue weighted by Gasteiger charge is -2.17. The van der Waals surface area contributed by atoms with E-state index >= 15 is 0 Å². The predicted octanol–water partition coefficient (Wildman–Crippen LogP) is 2.53. The Bertz CT molecular complexity index is 453. The molecule has 1 rings (SSSR count). The van der Waals surface area contributed by atoms with Crippen molar-refractivity contribution in [1.29, 1.82) is 0 Å². The zero-order valence-electron chi connectivity index (χ0n) is 13.0. The van der Waals surface area contributed by atoms with Gasteiger partial charge in [0.2, 0.25) is 5.91 Å². The van der Waals surface area contributed by atoms with E-state index in [1.54, 1.807) is 31.2 Å². The van der Waals surface area contributed by atoms with E-state index in [-0.39, 0.29) is 11.9 Å². The van der Waals surface area contributed by atoms with Crippen LogP contribution in [-0.2, 0) is 9.53 Å². The molecule has 1 N–H and O–H groups in total. The molecule has 0 saturated carbocycles. The fraction of sp³-hybridized carbons (Fsp3) is 0.500. The van der Waals surface area contributed by atoms with E-state index in [4.69, 9.17) is 4.74 Å². The number of nitrogens with zero attached hydrogens (tertiary/aromatic N) is 1. The van der Waals surface area contributed by atoms with Crippen molar-refractivity contribution >= 4 is 17.6 Å². The number of rotatable bonds is 8. The maximum absolute atomic E-state index is 11.8. The van der Waals surface area contributed by atoms with Crippen LogP contribution in [0.5, 0.6) is 0 Å². The Balaban J connectivity index is 2.48. The van der Waals surface area contributed by atoms with Gasteiger partial charge in [-0.25, -0.2) is 4.79 Å². The first-order valence-corrected chi connectivity index (χ1v) is 7.40. The molecule has 5 heteroatoms. The molecular weight excluding hydrogens is 268 g/mol. The normalized spacial score (nSPS) is 10.5. The van der Waals surface area contributed by atoms with Gasteiger partial charge in [-0.2, -0.15) is 0 Å². The molecule has 1 aromatic carbocycles. The third-order valence-electron chi connectivity index (χ3n) is 3.23. The first kappa shape index (κ1) is 17.2. The second-order valence-electron chi connectivity index (χ2n) is 4.62. The lowest BCUT2D eigenvalue weighted by atomic mass is 10.2. The number of hydrogen-bond acceptors (Lipinski definition) is 4. The van der Waals surface area contributed by atoms with Crippen LogP contribution in [0.2, 0.25) is 0 Å². The van der Waals surface area contributed by atoms with Crippen molar-refractivity contribution in [3.05, 3.63) is 29.8 Å². The molecule has 21 heavy (non-hydrogen) atoms. The van der Waals surface area contributed by atoms with Crippen molar-refractivity contribution in [2.45, 2.75) is 27.2 Å². The molecule has 0 bridgehead atoms. The summed E-state index contributed by atoms with van der Waals surface area (Å²) in [4.78, 5) is 25.5. The monoisotopic (exact) mass is 292 g/mol. The first-order valence-electron chi connectivity index (χ1n) is 7.40. The molecule has 0 aliphatic carbocycles. The van der Waals surface area contributed by atoms with Gasteiger partial charge in [-0.1, -0.05) is 13.8 Å². The molecule has 5 nitrogen and oxygen atoms in total. The van der Waals surface area contributed by atoms with Crippen LogP contribution in [0.4, 0.5) is 5.69 Å². The Hall–Kier alpha value is -1.88. The molecule has 0 radical (unpaired) electrons. The summed E-state index contributed by atoms with van der Waals surface area (Å²) in [5.41, 5.74) is 1.17. The second-order valence-corrected chi connectivity index (χ2v) is 4.62. The van der Waals surface area contributed by atoms with Gasteiger partial charge >= 0.3 is 5.97 Å². The quantitative estimate of drug-likeness (QED) is 0.748. The molecule has 0 aliphatic heterocycles. The average Bonchev–Trinajstić information content (AvgIpc) is 2.49. The van der Waals surface area contributed by atoms with Gasteiger partial charge in [-0.3, -0.25) is 4.79 Å². The van der Waals surface area contributed by atoms with Gasteiger partial charge in [0.25, 0.3) is 0 Å². The summed E-state index contributed by atoms with van der Waals surface area (Å²) in [5, 5.41) is 2.83. The van der Waals surface area contributed by atoms with Crippen molar-refractivity contribution < 1.29 is 14.3 Å². The van der Waals surface area contributed by atoms with Gasteiger partial charge in [-0.15, -0.1) is 0 Å². The summed E-state index contributed by atoms with van der Waals surface area (Å²) >= 11 is 0. The van der Waals surface area contributed by atoms with E-state index < -0.39 is 0 Å². The summed E-state index contributed by atoms with van der Waals surface area (Å²) in [7, 11) is 0. The topological polar surface area (TPSA) is 58.6 Å². The fourth-order valence-electron chi connectivity index (χ4n) is 1.93. The van der Waals surface area contributed by atoms with Crippen LogP contribution in [0.25, 0.3) is 0 Å². The van der Waals surface area contributed by atoms with E-state index in [0.29, 0.717) is 24.3 Å². The van der Waals surface area contributed by atoms with Gasteiger partial charge in [0.1, 0.15) is 0 Å². The van der Waals surface area contributed by atoms with Crippen LogP contribution in [0.3, 0.4) is 0 Å². The van der Waals surface area contributed by atoms with Gasteiger partial charge < -0.3 is 15.0 Å². The number of carbonyl (C=O) groups excluding carboxylic acids is 2. The molecule has 1 aromatic rings. The minimum absolute atomic E-state index is 0.0224. The molecule has 0 atom stereocenters. The standard InChI is InChI=1S/C16H24N2O3/c1-4-18(5-2)12-11-15(19)17-14-9-7-13(8-10-14)16(20)21-6-3/h7-10H,4-6,11-12H2,1-3H3,(H,17,19). The summed E-state index contributed by atoms with van der Waals surface area (Å²) in [6, 6.07) is 6.72. The molecule has 0 spiro atoms. The molecule has 116 valence electrons. The fourth-order valence-corrected chi connectivity index (χ4v) is 1.93. The van der Waals surface area contributed by atoms with Crippen LogP contribution in [0.15, 0.2) is 24.3 Å². The zero-order chi connectivity index (χ0) is 15.7. The van der Waals surface area contributed by atoms with E-state index in [0.717, 1.165) is 19.6 Å². The van der Waals surface area contributed by atoms with E-state index in [1.807, 2.05) is 0 Å². The summed E-state index contributed by atoms with van der Waals surface area (Å²) < 4.78 is 4.91. The SMILES string of the molecule is CCOC(=O)c1ccc(NC(=O)CCN(CC)CC)cc1. The number of amides is 1. The van der Waals surface area contributed by atoms with Crippen molar-refractivity contribution in [2.75, 3.05) is 31.6 Å². The number of nitrogens with one attached hydrogen (secondary N) is 1. The Labute approximate surface area is 126 Å². The molecule has 0 saturated heterocycles. The predicted molar refractivity (Wildman–Crippen MR) is 83.4 cm³/mol. The van der Waals surface area contributed by atoms with Crippen molar-refractivity contribution in [1.82, 2.24) is 4.90 Å². The number of esters is 1. The van der Waals surface area contributed by atoms with Crippen molar-refractivity contribution in [3.63, 3.8) is 0 Å². The Morgan fingerprint density at radius 3 is 2.24 bits per heavy atom. The zero-order valence-corrected chi connectivity index (χ0v) is 13.0. The van der Waals surface area contributed by atoms with Gasteiger partial charge in [-0.05, 0) is 44.3 Å². The third kappa shape index (κ3) is 5.95. The van der Waals surface area contributed by atoms with E-state index in [9.17, 15) is 9.59 Å². The highest BCUT2D eigenvalue weighted by molar-refractivity contribution is 5.93. The van der Waals surface area contributed by atoms with Crippen LogP contribution < -0.4 is 5.32 Å². The second kappa shape index (κ2) is 9.13. The molecule has 0 heterocycles. The van der Waals surface area contributed by atoms with Crippen LogP contribution in [-0.4, -0.2) is 43.0 Å². The maximum Gasteiger partial charge on any atom is 0.338 e. The summed E-state index contributed by atoms with van der Waals surface area (Å²) in [6.07, 6.45) is 0.460. The molecule has 0 unspecified atom stereocenters. The minimum Gasteiger partial charge on any atom is -0.462 e. The Morgan fingerprint density at radius 1 is 1.10 bits per heavy atom. The third-order valence-corrected chi connectivity index (χ3v) is 3.23. The lowest BCUT2D eigenvalue weighted by Crippen LogP contribution is -2.27. The maximum atomic E-state index is 11.8. The van der Waals surface area contributed by atoms with Crippen LogP contribution in [0.1, 0.15) is 37.6 Å². The van der Waals surface area contributed by atoms with Crippen LogP contribution >= 0.6 is 0 Å². The number of anilines is 1. The van der Waals surface area contributed by atoms with Crippen molar-refractivity contribution in [2.24, 2.45) is 0 Å². The number of ether oxygens (including phenoxy) is 1. The van der Waals surface area contributed by atoms with Gasteiger partial charge in [0.15, 0.2) is 0 Å². The molecule has 0 aromatic heterocycles. The van der Waals surface area contributed by atoms with Crippen LogP contribution in [0, 0.1) is 0 Å². The summed E-state index contributed by atoms with van der Waals surface area (Å²) in [6.45, 7) is 8.91. The number of carbonyl (C=O) groups is 2. The highest BCUT2D eigenvalue weighted by Gasteiger charge is 2.08. The van der Waals surface area contributed by atoms with E-state index in [1.165, 1.54) is 0 Å². The van der Waals surface area contributed by atoms with Crippen molar-refractivity contribution in [3.8, 4) is 0 Å². The van der Waals surface area contributed by atoms with Gasteiger partial charge in [0, 0.05) is 18.7 Å². The molecule has 0 aliphatic rings. The lowest BCUT2D eigenvalue weighted by molar-refractivity contribution is -0.116. The number of benzene rings is 1. The Kier molecular flexibility index (Phi) is 7.46. The molecule has 1 amide bonds. The Morgan fingerprint density at radius 2 is 1.71 bits per heavy atom. The largest absolute Gasteiger partial charge is 0.462 e. The van der Waals surface area contributed by atoms with Gasteiger partial charge in [0.05, 0.1) is 12.2 Å².